The molecular weight excluding hydrogens is 430 g/mol. The zero-order chi connectivity index (χ0) is 22.0. The van der Waals surface area contributed by atoms with Crippen molar-refractivity contribution in [2.75, 3.05) is 10.0 Å². The molecule has 0 aliphatic heterocycles. The number of sulfonamides is 1. The van der Waals surface area contributed by atoms with E-state index in [1.54, 1.807) is 32.0 Å². The molecule has 9 heteroatoms. The summed E-state index contributed by atoms with van der Waals surface area (Å²) in [7, 11) is -3.79. The number of nitrogens with one attached hydrogen (secondary N) is 2. The lowest BCUT2D eigenvalue weighted by molar-refractivity contribution is 0.601. The van der Waals surface area contributed by atoms with Gasteiger partial charge in [-0.1, -0.05) is 29.8 Å². The van der Waals surface area contributed by atoms with Gasteiger partial charge in [0.2, 0.25) is 5.95 Å². The number of aromatic nitrogens is 3. The van der Waals surface area contributed by atoms with Crippen LogP contribution in [-0.4, -0.2) is 23.4 Å². The van der Waals surface area contributed by atoms with Crippen LogP contribution in [0.2, 0.25) is 0 Å². The lowest BCUT2D eigenvalue weighted by Gasteiger charge is -2.09. The number of benzene rings is 2. The molecule has 0 bridgehead atoms. The highest BCUT2D eigenvalue weighted by molar-refractivity contribution is 7.92. The Morgan fingerprint density at radius 3 is 2.13 bits per heavy atom. The molecule has 0 radical (unpaired) electrons. The van der Waals surface area contributed by atoms with Crippen molar-refractivity contribution in [2.45, 2.75) is 25.7 Å². The fourth-order valence-corrected chi connectivity index (χ4v) is 4.66. The number of hydrogen-bond donors (Lipinski definition) is 2. The number of rotatable bonds is 6. The van der Waals surface area contributed by atoms with Gasteiger partial charge in [-0.25, -0.2) is 28.1 Å². The van der Waals surface area contributed by atoms with Crippen LogP contribution in [0.3, 0.4) is 0 Å². The summed E-state index contributed by atoms with van der Waals surface area (Å²) < 4.78 is 27.7. The fourth-order valence-electron chi connectivity index (χ4n) is 2.98. The molecule has 0 aliphatic carbocycles. The van der Waals surface area contributed by atoms with E-state index in [2.05, 4.69) is 37.1 Å². The summed E-state index contributed by atoms with van der Waals surface area (Å²) in [6.07, 6.45) is 0. The van der Waals surface area contributed by atoms with Crippen LogP contribution in [0.4, 0.5) is 16.8 Å². The molecule has 0 atom stereocenters. The van der Waals surface area contributed by atoms with Crippen molar-refractivity contribution >= 4 is 38.1 Å². The molecule has 4 rings (SSSR count). The molecule has 4 aromatic rings. The van der Waals surface area contributed by atoms with E-state index in [0.29, 0.717) is 11.4 Å². The normalized spacial score (nSPS) is 11.3. The van der Waals surface area contributed by atoms with Gasteiger partial charge in [0.05, 0.1) is 10.6 Å². The van der Waals surface area contributed by atoms with Gasteiger partial charge in [-0.2, -0.15) is 0 Å². The summed E-state index contributed by atoms with van der Waals surface area (Å²) in [6.45, 7) is 5.62. The van der Waals surface area contributed by atoms with Gasteiger partial charge >= 0.3 is 0 Å². The number of hydrogen-bond acceptors (Lipinski definition) is 7. The van der Waals surface area contributed by atoms with Gasteiger partial charge in [-0.3, -0.25) is 0 Å². The minimum absolute atomic E-state index is 0.0612. The van der Waals surface area contributed by atoms with Crippen LogP contribution >= 0.6 is 11.3 Å². The predicted molar refractivity (Wildman–Crippen MR) is 124 cm³/mol. The molecule has 0 aliphatic rings. The van der Waals surface area contributed by atoms with Crippen molar-refractivity contribution in [3.63, 3.8) is 0 Å². The predicted octanol–water partition coefficient (Wildman–Crippen LogP) is 5.07. The highest BCUT2D eigenvalue weighted by Crippen LogP contribution is 2.28. The minimum atomic E-state index is -3.79. The smallest absolute Gasteiger partial charge is 0.264 e. The van der Waals surface area contributed by atoms with E-state index >= 15 is 0 Å². The Balaban J connectivity index is 1.47. The molecule has 2 aromatic carbocycles. The van der Waals surface area contributed by atoms with Crippen molar-refractivity contribution in [3.05, 3.63) is 76.9 Å². The zero-order valence-corrected chi connectivity index (χ0v) is 18.9. The molecule has 0 spiro atoms. The Kier molecular flexibility index (Phi) is 5.71. The SMILES string of the molecule is Cc1ccc(-c2csc(Nc3ccc(S(=O)(=O)Nc4nc(C)cc(C)n4)cc3)n2)cc1. The summed E-state index contributed by atoms with van der Waals surface area (Å²) in [6, 6.07) is 16.4. The highest BCUT2D eigenvalue weighted by atomic mass is 32.2. The summed E-state index contributed by atoms with van der Waals surface area (Å²) in [4.78, 5) is 13.0. The fraction of sp³-hybridized carbons (Fsp3) is 0.136. The molecule has 0 saturated carbocycles. The first-order valence-electron chi connectivity index (χ1n) is 9.53. The highest BCUT2D eigenvalue weighted by Gasteiger charge is 2.16. The molecule has 158 valence electrons. The summed E-state index contributed by atoms with van der Waals surface area (Å²) in [5.74, 6) is 0.0612. The molecule has 0 amide bonds. The third-order valence-corrected chi connectivity index (χ3v) is 6.58. The molecule has 2 N–H and O–H groups in total. The largest absolute Gasteiger partial charge is 0.332 e. The first kappa shape index (κ1) is 21.0. The Hall–Kier alpha value is -3.30. The molecule has 0 fully saturated rings. The Bertz CT molecular complexity index is 1290. The molecule has 31 heavy (non-hydrogen) atoms. The molecule has 2 aromatic heterocycles. The lowest BCUT2D eigenvalue weighted by Crippen LogP contribution is -2.15. The standard InChI is InChI=1S/C22H21N5O2S2/c1-14-4-6-17(7-5-14)20-13-30-22(26-20)25-18-8-10-19(11-9-18)31(28,29)27-21-23-15(2)12-16(3)24-21/h4-13H,1-3H3,(H,25,26)(H,23,24,27). The van der Waals surface area contributed by atoms with Crippen LogP contribution in [0.5, 0.6) is 0 Å². The molecule has 0 unspecified atom stereocenters. The van der Waals surface area contributed by atoms with Crippen LogP contribution in [-0.2, 0) is 10.0 Å². The van der Waals surface area contributed by atoms with Gasteiger partial charge in [0.25, 0.3) is 10.0 Å². The van der Waals surface area contributed by atoms with Crippen LogP contribution in [0.15, 0.2) is 64.9 Å². The maximum Gasteiger partial charge on any atom is 0.264 e. The van der Waals surface area contributed by atoms with Crippen molar-refractivity contribution in [1.82, 2.24) is 15.0 Å². The van der Waals surface area contributed by atoms with Gasteiger partial charge in [0, 0.05) is 28.0 Å². The van der Waals surface area contributed by atoms with Crippen molar-refractivity contribution in [2.24, 2.45) is 0 Å². The van der Waals surface area contributed by atoms with Gasteiger partial charge in [-0.15, -0.1) is 11.3 Å². The molecule has 7 nitrogen and oxygen atoms in total. The van der Waals surface area contributed by atoms with Gasteiger partial charge in [-0.05, 0) is 51.1 Å². The van der Waals surface area contributed by atoms with E-state index in [-0.39, 0.29) is 10.8 Å². The third kappa shape index (κ3) is 5.07. The monoisotopic (exact) mass is 451 g/mol. The number of thiazole rings is 1. The molecular formula is C22H21N5O2S2. The number of nitrogens with zero attached hydrogens (tertiary/aromatic N) is 3. The minimum Gasteiger partial charge on any atom is -0.332 e. The second-order valence-corrected chi connectivity index (χ2v) is 9.67. The second kappa shape index (κ2) is 8.44. The summed E-state index contributed by atoms with van der Waals surface area (Å²) in [5.41, 5.74) is 5.27. The van der Waals surface area contributed by atoms with Crippen LogP contribution in [0, 0.1) is 20.8 Å². The Morgan fingerprint density at radius 1 is 0.839 bits per heavy atom. The van der Waals surface area contributed by atoms with Crippen molar-refractivity contribution in [3.8, 4) is 11.3 Å². The average molecular weight is 452 g/mol. The third-order valence-electron chi connectivity index (χ3n) is 4.48. The Morgan fingerprint density at radius 2 is 1.48 bits per heavy atom. The molecule has 2 heterocycles. The van der Waals surface area contributed by atoms with Crippen molar-refractivity contribution in [1.29, 1.82) is 0 Å². The average Bonchev–Trinajstić information content (AvgIpc) is 3.16. The van der Waals surface area contributed by atoms with Gasteiger partial charge in [0.15, 0.2) is 5.13 Å². The van der Waals surface area contributed by atoms with Crippen LogP contribution in [0.25, 0.3) is 11.3 Å². The van der Waals surface area contributed by atoms with E-state index in [4.69, 9.17) is 0 Å². The van der Waals surface area contributed by atoms with Gasteiger partial charge < -0.3 is 5.32 Å². The number of aryl methyl sites for hydroxylation is 3. The van der Waals surface area contributed by atoms with Gasteiger partial charge in [0.1, 0.15) is 0 Å². The van der Waals surface area contributed by atoms with Crippen LogP contribution in [0.1, 0.15) is 17.0 Å². The Labute approximate surface area is 185 Å². The topological polar surface area (TPSA) is 96.9 Å². The van der Waals surface area contributed by atoms with E-state index in [9.17, 15) is 8.42 Å². The first-order valence-corrected chi connectivity index (χ1v) is 11.9. The van der Waals surface area contributed by atoms with Crippen LogP contribution < -0.4 is 10.0 Å². The zero-order valence-electron chi connectivity index (χ0n) is 17.2. The summed E-state index contributed by atoms with van der Waals surface area (Å²) in [5, 5.41) is 5.93. The first-order chi connectivity index (χ1) is 14.8. The molecule has 0 saturated heterocycles. The van der Waals surface area contributed by atoms with E-state index < -0.39 is 10.0 Å². The quantitative estimate of drug-likeness (QED) is 0.425. The maximum absolute atomic E-state index is 12.7. The number of anilines is 3. The van der Waals surface area contributed by atoms with E-state index in [1.165, 1.54) is 29.0 Å². The summed E-state index contributed by atoms with van der Waals surface area (Å²) >= 11 is 1.49. The second-order valence-electron chi connectivity index (χ2n) is 7.13. The van der Waals surface area contributed by atoms with E-state index in [0.717, 1.165) is 22.1 Å². The van der Waals surface area contributed by atoms with Crippen molar-refractivity contribution < 1.29 is 8.42 Å². The maximum atomic E-state index is 12.7. The lowest BCUT2D eigenvalue weighted by atomic mass is 10.1. The van der Waals surface area contributed by atoms with E-state index in [1.807, 2.05) is 24.4 Å².